The van der Waals surface area contributed by atoms with Crippen molar-refractivity contribution in [3.63, 3.8) is 0 Å². The van der Waals surface area contributed by atoms with Gasteiger partial charge in [0, 0.05) is 0 Å². The Hall–Kier alpha value is 1.05. The van der Waals surface area contributed by atoms with Crippen molar-refractivity contribution >= 4 is 18.8 Å². The van der Waals surface area contributed by atoms with Gasteiger partial charge in [0.25, 0.3) is 0 Å². The molecule has 0 spiro atoms. The molecule has 0 rings (SSSR count). The van der Waals surface area contributed by atoms with E-state index >= 15 is 0 Å². The van der Waals surface area contributed by atoms with Crippen LogP contribution >= 0.6 is 18.8 Å². The normalized spacial score (nSPS) is 10.6. The average molecular weight is 324 g/mol. The Kier molecular flexibility index (Phi) is 3.70. The maximum absolute atomic E-state index is 5.61. The number of hydrogen-bond donors (Lipinski definition) is 0. The van der Waals surface area contributed by atoms with Gasteiger partial charge in [0.2, 0.25) is 0 Å². The van der Waals surface area contributed by atoms with Crippen LogP contribution in [0.15, 0.2) is 0 Å². The summed E-state index contributed by atoms with van der Waals surface area (Å²) < 4.78 is 3.11. The standard InChI is InChI=1S/C5H9.2ClH.W/c1-5(2,3)4;;;/h1-3H3;2*1H;/q;;;+2/p-2. The molecule has 0 unspecified atom stereocenters. The first-order valence-electron chi connectivity index (χ1n) is 2.26. The average Bonchev–Trinajstić information content (AvgIpc) is 1.21. The van der Waals surface area contributed by atoms with Gasteiger partial charge < -0.3 is 0 Å². The van der Waals surface area contributed by atoms with E-state index in [1.54, 1.807) is 0 Å². The zero-order valence-corrected chi connectivity index (χ0v) is 9.61. The van der Waals surface area contributed by atoms with E-state index in [0.717, 1.165) is 0 Å². The predicted molar refractivity (Wildman–Crippen MR) is 35.0 cm³/mol. The third-order valence-corrected chi connectivity index (χ3v) is 4.40. The van der Waals surface area contributed by atoms with E-state index in [1.165, 1.54) is 0 Å². The van der Waals surface area contributed by atoms with Gasteiger partial charge in [-0.1, -0.05) is 0 Å². The fourth-order valence-corrected chi connectivity index (χ4v) is 5.68. The second kappa shape index (κ2) is 3.28. The van der Waals surface area contributed by atoms with Gasteiger partial charge >= 0.3 is 63.8 Å². The SMILES string of the molecule is CC(C)(C)[C]#[W]([Cl])[Cl]. The zero-order valence-electron chi connectivity index (χ0n) is 5.16. The van der Waals surface area contributed by atoms with E-state index < -0.39 is 14.6 Å². The Morgan fingerprint density at radius 3 is 1.62 bits per heavy atom. The van der Waals surface area contributed by atoms with Gasteiger partial charge in [-0.3, -0.25) is 0 Å². The molecular weight excluding hydrogens is 315 g/mol. The molecule has 3 heteroatoms. The summed E-state index contributed by atoms with van der Waals surface area (Å²) in [5.41, 5.74) is 0.0945. The molecule has 0 saturated carbocycles. The molecule has 0 aromatic rings. The van der Waals surface area contributed by atoms with Crippen LogP contribution in [-0.4, -0.2) is 0 Å². The van der Waals surface area contributed by atoms with Crippen LogP contribution < -0.4 is 0 Å². The summed E-state index contributed by atoms with van der Waals surface area (Å²) in [5.74, 6) is 0. The molecule has 0 atom stereocenters. The van der Waals surface area contributed by atoms with E-state index in [0.29, 0.717) is 0 Å². The van der Waals surface area contributed by atoms with Crippen LogP contribution in [0.5, 0.6) is 0 Å². The molecular formula is C5H9Cl2W. The van der Waals surface area contributed by atoms with Crippen LogP contribution in [-0.2, 0) is 14.6 Å². The van der Waals surface area contributed by atoms with Gasteiger partial charge in [-0.2, -0.15) is 0 Å². The second-order valence-corrected chi connectivity index (χ2v) is 11.2. The van der Waals surface area contributed by atoms with Crippen LogP contribution in [0.2, 0.25) is 0 Å². The van der Waals surface area contributed by atoms with Crippen LogP contribution in [0.3, 0.4) is 0 Å². The van der Waals surface area contributed by atoms with Gasteiger partial charge in [0.05, 0.1) is 0 Å². The first kappa shape index (κ1) is 9.05. The predicted octanol–water partition coefficient (Wildman–Crippen LogP) is 2.92. The van der Waals surface area contributed by atoms with Crippen molar-refractivity contribution in [2.45, 2.75) is 20.8 Å². The second-order valence-electron chi connectivity index (χ2n) is 2.56. The van der Waals surface area contributed by atoms with Crippen LogP contribution in [0.25, 0.3) is 0 Å². The topological polar surface area (TPSA) is 0 Å². The fraction of sp³-hybridized carbons (Fsp3) is 0.800. The fourth-order valence-electron chi connectivity index (χ4n) is 0.231. The summed E-state index contributed by atoms with van der Waals surface area (Å²) >= 11 is -2.06. The van der Waals surface area contributed by atoms with Crippen molar-refractivity contribution in [1.29, 1.82) is 0 Å². The third kappa shape index (κ3) is 7.05. The molecule has 0 aromatic carbocycles. The number of halogens is 2. The van der Waals surface area contributed by atoms with Crippen LogP contribution in [0.4, 0.5) is 0 Å². The summed E-state index contributed by atoms with van der Waals surface area (Å²) in [6.45, 7) is 6.16. The van der Waals surface area contributed by atoms with Crippen molar-refractivity contribution in [3.05, 3.63) is 0 Å². The van der Waals surface area contributed by atoms with Crippen LogP contribution in [0, 0.1) is 9.62 Å². The van der Waals surface area contributed by atoms with Crippen molar-refractivity contribution < 1.29 is 14.6 Å². The summed E-state index contributed by atoms with van der Waals surface area (Å²) in [7, 11) is 11.2. The Labute approximate surface area is 63.7 Å². The monoisotopic (exact) mass is 323 g/mol. The first-order valence-corrected chi connectivity index (χ1v) is 11.0. The molecule has 0 heterocycles. The van der Waals surface area contributed by atoms with E-state index in [4.69, 9.17) is 18.8 Å². The van der Waals surface area contributed by atoms with E-state index in [-0.39, 0.29) is 5.41 Å². The molecule has 0 aromatic heterocycles. The van der Waals surface area contributed by atoms with Gasteiger partial charge in [0.1, 0.15) is 0 Å². The van der Waals surface area contributed by atoms with Gasteiger partial charge in [-0.25, -0.2) is 0 Å². The molecule has 8 heavy (non-hydrogen) atoms. The summed E-state index contributed by atoms with van der Waals surface area (Å²) in [6.07, 6.45) is 0. The molecule has 0 bridgehead atoms. The molecule has 0 radical (unpaired) electrons. The molecule has 0 aliphatic carbocycles. The molecule has 0 aliphatic rings. The molecule has 0 saturated heterocycles. The Bertz CT molecular complexity index is 137. The maximum atomic E-state index is 5.61. The Morgan fingerprint density at radius 2 is 1.62 bits per heavy atom. The summed E-state index contributed by atoms with van der Waals surface area (Å²) in [6, 6.07) is 0. The molecule has 0 N–H and O–H groups in total. The van der Waals surface area contributed by atoms with Crippen molar-refractivity contribution in [1.82, 2.24) is 0 Å². The number of hydrogen-bond acceptors (Lipinski definition) is 0. The van der Waals surface area contributed by atoms with E-state index in [9.17, 15) is 0 Å². The van der Waals surface area contributed by atoms with Crippen molar-refractivity contribution in [2.24, 2.45) is 5.41 Å². The van der Waals surface area contributed by atoms with Gasteiger partial charge in [-0.05, 0) is 0 Å². The molecule has 0 nitrogen and oxygen atoms in total. The third-order valence-electron chi connectivity index (χ3n) is 0.383. The molecule has 0 fully saturated rings. The quantitative estimate of drug-likeness (QED) is 0.643. The first-order chi connectivity index (χ1) is 3.42. The molecule has 0 amide bonds. The van der Waals surface area contributed by atoms with Gasteiger partial charge in [0.15, 0.2) is 0 Å². The van der Waals surface area contributed by atoms with E-state index in [1.807, 2.05) is 0 Å². The summed E-state index contributed by atoms with van der Waals surface area (Å²) in [4.78, 5) is 0. The van der Waals surface area contributed by atoms with E-state index in [2.05, 4.69) is 25.0 Å². The Morgan fingerprint density at radius 1 is 1.25 bits per heavy atom. The summed E-state index contributed by atoms with van der Waals surface area (Å²) in [5, 5.41) is 0. The minimum atomic E-state index is -2.06. The Balaban J connectivity index is 4.09. The zero-order chi connectivity index (χ0) is 6.78. The number of rotatable bonds is 0. The van der Waals surface area contributed by atoms with Crippen LogP contribution in [0.1, 0.15) is 20.8 Å². The minimum absolute atomic E-state index is 0.0945. The van der Waals surface area contributed by atoms with Crippen molar-refractivity contribution in [2.75, 3.05) is 0 Å². The van der Waals surface area contributed by atoms with Gasteiger partial charge in [-0.15, -0.1) is 0 Å². The van der Waals surface area contributed by atoms with Crippen molar-refractivity contribution in [3.8, 4) is 4.20 Å². The molecule has 49 valence electrons. The molecule has 0 aliphatic heterocycles.